The van der Waals surface area contributed by atoms with E-state index in [1.807, 2.05) is 0 Å². The summed E-state index contributed by atoms with van der Waals surface area (Å²) in [5.74, 6) is -0.846. The zero-order valence-corrected chi connectivity index (χ0v) is 6.66. The van der Waals surface area contributed by atoms with E-state index < -0.39 is 5.79 Å². The molecular formula is C6H11ClO2. The average molecular weight is 151 g/mol. The normalized spacial score (nSPS) is 11.6. The van der Waals surface area contributed by atoms with Crippen LogP contribution in [-0.4, -0.2) is 20.0 Å². The van der Waals surface area contributed by atoms with Crippen LogP contribution in [0.5, 0.6) is 0 Å². The van der Waals surface area contributed by atoms with Crippen LogP contribution in [0.1, 0.15) is 6.92 Å². The molecule has 2 nitrogen and oxygen atoms in total. The highest BCUT2D eigenvalue weighted by Crippen LogP contribution is 2.22. The van der Waals surface area contributed by atoms with Crippen LogP contribution in [-0.2, 0) is 9.47 Å². The Balaban J connectivity index is 4.09. The minimum absolute atomic E-state index is 0.340. The average Bonchev–Trinajstić information content (AvgIpc) is 1.86. The fourth-order valence-corrected chi connectivity index (χ4v) is 0.459. The SMILES string of the molecule is C=C(Cl)C(C)(OC)OC. The Kier molecular flexibility index (Phi) is 3.18. The molecule has 54 valence electrons. The molecule has 0 aliphatic rings. The molecule has 0 fully saturated rings. The van der Waals surface area contributed by atoms with Crippen LogP contribution < -0.4 is 0 Å². The molecule has 0 rings (SSSR count). The maximum atomic E-state index is 5.54. The van der Waals surface area contributed by atoms with Crippen LogP contribution in [0.3, 0.4) is 0 Å². The van der Waals surface area contributed by atoms with Crippen molar-refractivity contribution in [3.63, 3.8) is 0 Å². The standard InChI is InChI=1S/C6H11ClO2/c1-5(7)6(2,8-3)9-4/h1H2,2-4H3. The van der Waals surface area contributed by atoms with Crippen molar-refractivity contribution in [2.45, 2.75) is 12.7 Å². The summed E-state index contributed by atoms with van der Waals surface area (Å²) in [6.07, 6.45) is 0. The lowest BCUT2D eigenvalue weighted by molar-refractivity contribution is -0.159. The van der Waals surface area contributed by atoms with Gasteiger partial charge in [-0.15, -0.1) is 0 Å². The summed E-state index contributed by atoms with van der Waals surface area (Å²) in [5.41, 5.74) is 0. The number of hydrogen-bond acceptors (Lipinski definition) is 2. The molecule has 0 aromatic rings. The second-order valence-electron chi connectivity index (χ2n) is 1.76. The highest BCUT2D eigenvalue weighted by Gasteiger charge is 2.24. The lowest BCUT2D eigenvalue weighted by Gasteiger charge is -2.24. The molecule has 9 heavy (non-hydrogen) atoms. The van der Waals surface area contributed by atoms with Crippen LogP contribution >= 0.6 is 11.6 Å². The van der Waals surface area contributed by atoms with Gasteiger partial charge in [0.2, 0.25) is 5.79 Å². The minimum Gasteiger partial charge on any atom is -0.349 e. The maximum Gasteiger partial charge on any atom is 0.201 e. The molecular weight excluding hydrogens is 140 g/mol. The first-order valence-electron chi connectivity index (χ1n) is 2.52. The van der Waals surface area contributed by atoms with E-state index in [4.69, 9.17) is 21.1 Å². The van der Waals surface area contributed by atoms with Crippen LogP contribution in [0, 0.1) is 0 Å². The van der Waals surface area contributed by atoms with Gasteiger partial charge in [-0.25, -0.2) is 0 Å². The number of rotatable bonds is 3. The first-order valence-corrected chi connectivity index (χ1v) is 2.90. The van der Waals surface area contributed by atoms with Gasteiger partial charge in [-0.2, -0.15) is 0 Å². The molecule has 0 bridgehead atoms. The predicted molar refractivity (Wildman–Crippen MR) is 37.4 cm³/mol. The summed E-state index contributed by atoms with van der Waals surface area (Å²) in [7, 11) is 3.02. The second-order valence-corrected chi connectivity index (χ2v) is 2.22. The van der Waals surface area contributed by atoms with Crippen molar-refractivity contribution in [2.75, 3.05) is 14.2 Å². The Bertz CT molecular complexity index is 108. The van der Waals surface area contributed by atoms with Crippen molar-refractivity contribution in [3.05, 3.63) is 11.6 Å². The van der Waals surface area contributed by atoms with E-state index in [0.29, 0.717) is 5.03 Å². The van der Waals surface area contributed by atoms with Gasteiger partial charge in [-0.05, 0) is 6.92 Å². The first-order chi connectivity index (χ1) is 4.06. The summed E-state index contributed by atoms with van der Waals surface area (Å²) in [6, 6.07) is 0. The summed E-state index contributed by atoms with van der Waals surface area (Å²) in [6.45, 7) is 5.18. The van der Waals surface area contributed by atoms with E-state index in [1.165, 1.54) is 14.2 Å². The topological polar surface area (TPSA) is 18.5 Å². The highest BCUT2D eigenvalue weighted by atomic mass is 35.5. The number of hydrogen-bond donors (Lipinski definition) is 0. The number of methoxy groups -OCH3 is 2. The van der Waals surface area contributed by atoms with Gasteiger partial charge < -0.3 is 9.47 Å². The van der Waals surface area contributed by atoms with Crippen LogP contribution in [0.2, 0.25) is 0 Å². The van der Waals surface area contributed by atoms with Gasteiger partial charge in [-0.3, -0.25) is 0 Å². The first kappa shape index (κ1) is 8.95. The summed E-state index contributed by atoms with van der Waals surface area (Å²) in [5, 5.41) is 0.340. The zero-order chi connectivity index (χ0) is 7.49. The summed E-state index contributed by atoms with van der Waals surface area (Å²) >= 11 is 5.54. The molecule has 0 aromatic heterocycles. The highest BCUT2D eigenvalue weighted by molar-refractivity contribution is 6.30. The maximum absolute atomic E-state index is 5.54. The number of halogens is 1. The Morgan fingerprint density at radius 3 is 1.78 bits per heavy atom. The van der Waals surface area contributed by atoms with Crippen LogP contribution in [0.4, 0.5) is 0 Å². The van der Waals surface area contributed by atoms with E-state index >= 15 is 0 Å². The molecule has 0 aromatic carbocycles. The molecule has 0 amide bonds. The molecule has 0 radical (unpaired) electrons. The van der Waals surface area contributed by atoms with Crippen molar-refractivity contribution in [2.24, 2.45) is 0 Å². The third-order valence-electron chi connectivity index (χ3n) is 1.27. The quantitative estimate of drug-likeness (QED) is 0.571. The fraction of sp³-hybridized carbons (Fsp3) is 0.667. The fourth-order valence-electron chi connectivity index (χ4n) is 0.305. The van der Waals surface area contributed by atoms with Gasteiger partial charge in [0.15, 0.2) is 0 Å². The van der Waals surface area contributed by atoms with Gasteiger partial charge >= 0.3 is 0 Å². The van der Waals surface area contributed by atoms with E-state index in [1.54, 1.807) is 6.92 Å². The third kappa shape index (κ3) is 1.97. The lowest BCUT2D eigenvalue weighted by atomic mass is 10.3. The van der Waals surface area contributed by atoms with Gasteiger partial charge in [-0.1, -0.05) is 18.2 Å². The van der Waals surface area contributed by atoms with Crippen molar-refractivity contribution in [1.82, 2.24) is 0 Å². The van der Waals surface area contributed by atoms with Crippen molar-refractivity contribution in [3.8, 4) is 0 Å². The Morgan fingerprint density at radius 1 is 1.44 bits per heavy atom. The molecule has 0 saturated carbocycles. The Labute approximate surface area is 60.4 Å². The molecule has 0 atom stereocenters. The molecule has 0 spiro atoms. The van der Waals surface area contributed by atoms with Crippen LogP contribution in [0.15, 0.2) is 11.6 Å². The molecule has 0 aliphatic heterocycles. The molecule has 0 heterocycles. The lowest BCUT2D eigenvalue weighted by Crippen LogP contribution is -2.29. The number of ether oxygens (including phenoxy) is 2. The van der Waals surface area contributed by atoms with Crippen LogP contribution in [0.25, 0.3) is 0 Å². The third-order valence-corrected chi connectivity index (χ3v) is 1.62. The monoisotopic (exact) mass is 150 g/mol. The summed E-state index contributed by atoms with van der Waals surface area (Å²) in [4.78, 5) is 0. The largest absolute Gasteiger partial charge is 0.349 e. The van der Waals surface area contributed by atoms with Gasteiger partial charge in [0.05, 0.1) is 5.03 Å². The summed E-state index contributed by atoms with van der Waals surface area (Å²) < 4.78 is 9.79. The molecule has 0 saturated heterocycles. The minimum atomic E-state index is -0.846. The van der Waals surface area contributed by atoms with Gasteiger partial charge in [0, 0.05) is 14.2 Å². The van der Waals surface area contributed by atoms with Crippen molar-refractivity contribution < 1.29 is 9.47 Å². The van der Waals surface area contributed by atoms with E-state index in [0.717, 1.165) is 0 Å². The zero-order valence-electron chi connectivity index (χ0n) is 5.90. The molecule has 0 aliphatic carbocycles. The molecule has 0 N–H and O–H groups in total. The van der Waals surface area contributed by atoms with Crippen molar-refractivity contribution >= 4 is 11.6 Å². The predicted octanol–water partition coefficient (Wildman–Crippen LogP) is 1.75. The smallest absolute Gasteiger partial charge is 0.201 e. The Morgan fingerprint density at radius 2 is 1.78 bits per heavy atom. The van der Waals surface area contributed by atoms with E-state index in [-0.39, 0.29) is 0 Å². The van der Waals surface area contributed by atoms with Crippen molar-refractivity contribution in [1.29, 1.82) is 0 Å². The van der Waals surface area contributed by atoms with E-state index in [2.05, 4.69) is 6.58 Å². The molecule has 0 unspecified atom stereocenters. The Hall–Kier alpha value is -0.0500. The van der Waals surface area contributed by atoms with Gasteiger partial charge in [0.1, 0.15) is 0 Å². The van der Waals surface area contributed by atoms with Gasteiger partial charge in [0.25, 0.3) is 0 Å². The molecule has 3 heteroatoms. The van der Waals surface area contributed by atoms with E-state index in [9.17, 15) is 0 Å². The second kappa shape index (κ2) is 3.20.